The third-order valence-corrected chi connectivity index (χ3v) is 4.86. The first-order valence-electron chi connectivity index (χ1n) is 8.70. The third kappa shape index (κ3) is 4.39. The Kier molecular flexibility index (Phi) is 5.44. The molecule has 7 nitrogen and oxygen atoms in total. The minimum absolute atomic E-state index is 0.342. The molecule has 0 aromatic heterocycles. The topological polar surface area (TPSA) is 86.5 Å². The molecule has 0 spiro atoms. The molecule has 0 fully saturated rings. The molecule has 4 rings (SSSR count). The molecule has 29 heavy (non-hydrogen) atoms. The summed E-state index contributed by atoms with van der Waals surface area (Å²) in [6, 6.07) is 8.66. The van der Waals surface area contributed by atoms with Gasteiger partial charge in [-0.05, 0) is 59.3 Å². The van der Waals surface area contributed by atoms with Gasteiger partial charge in [0.25, 0.3) is 5.91 Å². The number of carbonyl (C=O) groups is 2. The van der Waals surface area contributed by atoms with E-state index in [4.69, 9.17) is 0 Å². The number of carbonyl (C=O) groups excluding carboxylic acids is 2. The zero-order valence-corrected chi connectivity index (χ0v) is 15.9. The van der Waals surface area contributed by atoms with E-state index in [1.54, 1.807) is 29.2 Å². The summed E-state index contributed by atoms with van der Waals surface area (Å²) < 4.78 is 0. The molecular formula is C21H15N5O2S. The molecule has 0 atom stereocenters. The van der Waals surface area contributed by atoms with Crippen molar-refractivity contribution in [3.05, 3.63) is 107 Å². The smallest absolute Gasteiger partial charge is 0.311 e. The molecule has 0 unspecified atom stereocenters. The van der Waals surface area contributed by atoms with E-state index in [-0.39, 0.29) is 5.24 Å². The van der Waals surface area contributed by atoms with Gasteiger partial charge in [0, 0.05) is 30.4 Å². The number of amidine groups is 1. The molecule has 0 saturated carbocycles. The molecule has 1 N–H and O–H groups in total. The second-order valence-corrected chi connectivity index (χ2v) is 6.96. The van der Waals surface area contributed by atoms with Crippen LogP contribution in [0.1, 0.15) is 10.4 Å². The molecule has 3 aliphatic heterocycles. The number of hydrogen-bond acceptors (Lipinski definition) is 6. The SMILES string of the molecule is O=C1N=C(N2C=CC(=C3C=CNC=C3)C=C2)/C(=C\N=NC(=O)c2ccccc2)S1. The lowest BCUT2D eigenvalue weighted by molar-refractivity contribution is 0.0995. The first-order chi connectivity index (χ1) is 14.2. The summed E-state index contributed by atoms with van der Waals surface area (Å²) in [4.78, 5) is 30.1. The van der Waals surface area contributed by atoms with Crippen LogP contribution in [0.2, 0.25) is 0 Å². The zero-order valence-electron chi connectivity index (χ0n) is 15.1. The van der Waals surface area contributed by atoms with E-state index in [1.165, 1.54) is 6.20 Å². The molecule has 0 saturated heterocycles. The lowest BCUT2D eigenvalue weighted by Crippen LogP contribution is -2.20. The second kappa shape index (κ2) is 8.49. The van der Waals surface area contributed by atoms with Gasteiger partial charge in [0.05, 0.1) is 11.1 Å². The number of thioether (sulfide) groups is 1. The molecule has 0 aliphatic carbocycles. The Labute approximate surface area is 171 Å². The summed E-state index contributed by atoms with van der Waals surface area (Å²) in [5.41, 5.74) is 2.55. The maximum Gasteiger partial charge on any atom is 0.311 e. The number of rotatable bonds is 2. The fourth-order valence-electron chi connectivity index (χ4n) is 2.68. The molecule has 8 heteroatoms. The summed E-state index contributed by atoms with van der Waals surface area (Å²) in [5, 5.41) is 10.2. The van der Waals surface area contributed by atoms with Gasteiger partial charge in [-0.2, -0.15) is 10.1 Å². The van der Waals surface area contributed by atoms with Crippen LogP contribution in [-0.4, -0.2) is 21.9 Å². The van der Waals surface area contributed by atoms with Gasteiger partial charge in [-0.25, -0.2) is 0 Å². The number of azo groups is 1. The van der Waals surface area contributed by atoms with Crippen LogP contribution in [0, 0.1) is 0 Å². The average molecular weight is 401 g/mol. The van der Waals surface area contributed by atoms with Gasteiger partial charge in [0.1, 0.15) is 0 Å². The van der Waals surface area contributed by atoms with Crippen molar-refractivity contribution in [2.75, 3.05) is 0 Å². The standard InChI is InChI=1S/C21H15N5O2S/c27-20(17-4-2-1-3-5-17)25-23-14-18-19(24-21(28)29-18)26-12-8-16(9-13-26)15-6-10-22-11-7-15/h1-14,22H/b18-14+,25-23?. The Morgan fingerprint density at radius 2 is 1.72 bits per heavy atom. The molecule has 3 heterocycles. The van der Waals surface area contributed by atoms with Crippen LogP contribution in [0.4, 0.5) is 4.79 Å². The fourth-order valence-corrected chi connectivity index (χ4v) is 3.35. The predicted molar refractivity (Wildman–Crippen MR) is 113 cm³/mol. The second-order valence-electron chi connectivity index (χ2n) is 5.97. The molecule has 2 amide bonds. The molecule has 3 aliphatic rings. The van der Waals surface area contributed by atoms with Crippen molar-refractivity contribution >= 4 is 28.7 Å². The van der Waals surface area contributed by atoms with E-state index in [1.807, 2.05) is 55.2 Å². The third-order valence-electron chi connectivity index (χ3n) is 4.08. The monoisotopic (exact) mass is 401 g/mol. The Hall–Kier alpha value is -3.78. The Morgan fingerprint density at radius 3 is 2.45 bits per heavy atom. The maximum atomic E-state index is 12.0. The molecule has 1 aromatic carbocycles. The van der Waals surface area contributed by atoms with Crippen LogP contribution in [0.15, 0.2) is 117 Å². The van der Waals surface area contributed by atoms with E-state index >= 15 is 0 Å². The normalized spacial score (nSPS) is 19.4. The number of nitrogens with one attached hydrogen (secondary N) is 1. The molecule has 0 bridgehead atoms. The van der Waals surface area contributed by atoms with Crippen LogP contribution in [0.3, 0.4) is 0 Å². The minimum Gasteiger partial charge on any atom is -0.368 e. The Balaban J connectivity index is 1.49. The highest BCUT2D eigenvalue weighted by molar-refractivity contribution is 8.18. The van der Waals surface area contributed by atoms with E-state index in [0.29, 0.717) is 16.3 Å². The molecular weight excluding hydrogens is 386 g/mol. The highest BCUT2D eigenvalue weighted by Crippen LogP contribution is 2.30. The number of allylic oxidation sites excluding steroid dienone is 6. The van der Waals surface area contributed by atoms with Gasteiger partial charge in [-0.1, -0.05) is 18.2 Å². The molecule has 0 radical (unpaired) electrons. The van der Waals surface area contributed by atoms with Crippen molar-refractivity contribution in [1.82, 2.24) is 10.2 Å². The summed E-state index contributed by atoms with van der Waals surface area (Å²) in [5.74, 6) is -0.00794. The lowest BCUT2D eigenvalue weighted by atomic mass is 10.1. The minimum atomic E-state index is -0.452. The van der Waals surface area contributed by atoms with Gasteiger partial charge < -0.3 is 10.2 Å². The van der Waals surface area contributed by atoms with Crippen LogP contribution in [0.25, 0.3) is 0 Å². The quantitative estimate of drug-likeness (QED) is 0.729. The highest BCUT2D eigenvalue weighted by Gasteiger charge is 2.25. The highest BCUT2D eigenvalue weighted by atomic mass is 32.2. The molecule has 1 aromatic rings. The number of nitrogens with zero attached hydrogens (tertiary/aromatic N) is 4. The average Bonchev–Trinajstić information content (AvgIpc) is 3.15. The number of amides is 2. The van der Waals surface area contributed by atoms with Crippen molar-refractivity contribution < 1.29 is 9.59 Å². The Morgan fingerprint density at radius 1 is 1.03 bits per heavy atom. The van der Waals surface area contributed by atoms with Crippen molar-refractivity contribution in [1.29, 1.82) is 0 Å². The van der Waals surface area contributed by atoms with Crippen molar-refractivity contribution in [2.45, 2.75) is 0 Å². The van der Waals surface area contributed by atoms with E-state index in [2.05, 4.69) is 20.5 Å². The van der Waals surface area contributed by atoms with Crippen molar-refractivity contribution in [2.24, 2.45) is 15.2 Å². The maximum absolute atomic E-state index is 12.0. The van der Waals surface area contributed by atoms with Crippen LogP contribution >= 0.6 is 11.8 Å². The number of dihydropyridines is 1. The summed E-state index contributed by atoms with van der Waals surface area (Å²) >= 11 is 0.945. The van der Waals surface area contributed by atoms with Crippen LogP contribution < -0.4 is 5.32 Å². The zero-order chi connectivity index (χ0) is 20.1. The summed E-state index contributed by atoms with van der Waals surface area (Å²) in [6.45, 7) is 0. The Bertz CT molecular complexity index is 1060. The summed E-state index contributed by atoms with van der Waals surface area (Å²) in [6.07, 6.45) is 16.6. The van der Waals surface area contributed by atoms with Gasteiger partial charge in [0.15, 0.2) is 5.84 Å². The number of benzene rings is 1. The fraction of sp³-hybridized carbons (Fsp3) is 0. The van der Waals surface area contributed by atoms with Gasteiger partial charge in [-0.3, -0.25) is 9.59 Å². The largest absolute Gasteiger partial charge is 0.368 e. The summed E-state index contributed by atoms with van der Waals surface area (Å²) in [7, 11) is 0. The van der Waals surface area contributed by atoms with Gasteiger partial charge in [-0.15, -0.1) is 5.11 Å². The van der Waals surface area contributed by atoms with Gasteiger partial charge in [0.2, 0.25) is 0 Å². The van der Waals surface area contributed by atoms with Crippen LogP contribution in [0.5, 0.6) is 0 Å². The number of aliphatic imine (C=N–C) groups is 1. The van der Waals surface area contributed by atoms with Crippen LogP contribution in [-0.2, 0) is 0 Å². The van der Waals surface area contributed by atoms with E-state index in [9.17, 15) is 9.59 Å². The van der Waals surface area contributed by atoms with E-state index in [0.717, 1.165) is 22.9 Å². The van der Waals surface area contributed by atoms with Gasteiger partial charge >= 0.3 is 5.24 Å². The number of hydrogen-bond donors (Lipinski definition) is 1. The van der Waals surface area contributed by atoms with Crippen molar-refractivity contribution in [3.63, 3.8) is 0 Å². The first kappa shape index (κ1) is 18.6. The van der Waals surface area contributed by atoms with E-state index < -0.39 is 5.91 Å². The molecule has 142 valence electrons. The first-order valence-corrected chi connectivity index (χ1v) is 9.52. The predicted octanol–water partition coefficient (Wildman–Crippen LogP) is 4.66. The lowest BCUT2D eigenvalue weighted by Gasteiger charge is -2.19. The van der Waals surface area contributed by atoms with Crippen molar-refractivity contribution in [3.8, 4) is 0 Å².